The van der Waals surface area contributed by atoms with Crippen molar-refractivity contribution in [3.8, 4) is 34.0 Å². The number of nitrogens with zero attached hydrogens (tertiary/aromatic N) is 1. The molecule has 1 heterocycles. The third kappa shape index (κ3) is 2.71. The van der Waals surface area contributed by atoms with Gasteiger partial charge in [-0.2, -0.15) is 5.10 Å². The van der Waals surface area contributed by atoms with E-state index in [9.17, 15) is 5.11 Å². The Kier molecular flexibility index (Phi) is 3.54. The molecule has 0 bridgehead atoms. The number of hydrogen-bond donors (Lipinski definition) is 2. The van der Waals surface area contributed by atoms with Crippen LogP contribution in [0.5, 0.6) is 11.5 Å². The number of hydrogen-bond acceptors (Lipinski definition) is 3. The zero-order valence-electron chi connectivity index (χ0n) is 11.3. The summed E-state index contributed by atoms with van der Waals surface area (Å²) in [5.41, 5.74) is 3.09. The van der Waals surface area contributed by atoms with Gasteiger partial charge in [0, 0.05) is 16.1 Å². The van der Waals surface area contributed by atoms with Gasteiger partial charge in [0.05, 0.1) is 18.5 Å². The SMILES string of the molecule is COc1ccc(O)c(-c2cc(-c3ccc(Cl)cc3)n[nH]2)c1. The third-order valence-corrected chi connectivity index (χ3v) is 3.46. The first-order valence-corrected chi connectivity index (χ1v) is 6.74. The molecule has 0 radical (unpaired) electrons. The van der Waals surface area contributed by atoms with E-state index >= 15 is 0 Å². The molecule has 0 saturated heterocycles. The Morgan fingerprint density at radius 1 is 1.10 bits per heavy atom. The number of aromatic hydroxyl groups is 1. The molecule has 5 heteroatoms. The number of benzene rings is 2. The second-order valence-electron chi connectivity index (χ2n) is 4.56. The van der Waals surface area contributed by atoms with Crippen LogP contribution in [0.1, 0.15) is 0 Å². The van der Waals surface area contributed by atoms with Gasteiger partial charge in [0.25, 0.3) is 0 Å². The van der Waals surface area contributed by atoms with Gasteiger partial charge in [0.15, 0.2) is 0 Å². The molecule has 2 aromatic carbocycles. The lowest BCUT2D eigenvalue weighted by atomic mass is 10.1. The van der Waals surface area contributed by atoms with Gasteiger partial charge in [-0.25, -0.2) is 0 Å². The summed E-state index contributed by atoms with van der Waals surface area (Å²) in [6.07, 6.45) is 0. The van der Waals surface area contributed by atoms with Gasteiger partial charge in [0.2, 0.25) is 0 Å². The van der Waals surface area contributed by atoms with Gasteiger partial charge in [-0.1, -0.05) is 23.7 Å². The minimum atomic E-state index is 0.169. The lowest BCUT2D eigenvalue weighted by Crippen LogP contribution is -1.85. The molecule has 0 spiro atoms. The van der Waals surface area contributed by atoms with Gasteiger partial charge in [0.1, 0.15) is 11.5 Å². The number of halogens is 1. The van der Waals surface area contributed by atoms with Crippen molar-refractivity contribution in [2.45, 2.75) is 0 Å². The van der Waals surface area contributed by atoms with E-state index in [1.54, 1.807) is 25.3 Å². The number of aromatic amines is 1. The number of rotatable bonds is 3. The van der Waals surface area contributed by atoms with E-state index in [4.69, 9.17) is 16.3 Å². The van der Waals surface area contributed by atoms with E-state index in [2.05, 4.69) is 10.2 Å². The number of ether oxygens (including phenoxy) is 1. The maximum absolute atomic E-state index is 9.98. The molecule has 0 saturated carbocycles. The molecule has 3 aromatic rings. The molecule has 21 heavy (non-hydrogen) atoms. The van der Waals surface area contributed by atoms with Gasteiger partial charge in [-0.3, -0.25) is 5.10 Å². The van der Waals surface area contributed by atoms with Gasteiger partial charge in [-0.05, 0) is 36.4 Å². The molecule has 0 aliphatic rings. The summed E-state index contributed by atoms with van der Waals surface area (Å²) in [6.45, 7) is 0. The summed E-state index contributed by atoms with van der Waals surface area (Å²) in [5.74, 6) is 0.840. The van der Waals surface area contributed by atoms with Crippen LogP contribution < -0.4 is 4.74 Å². The second kappa shape index (κ2) is 5.50. The van der Waals surface area contributed by atoms with Crippen molar-refractivity contribution in [2.75, 3.05) is 7.11 Å². The highest BCUT2D eigenvalue weighted by atomic mass is 35.5. The predicted molar refractivity (Wildman–Crippen MR) is 82.7 cm³/mol. The normalized spacial score (nSPS) is 10.6. The molecule has 0 unspecified atom stereocenters. The molecule has 3 rings (SSSR count). The summed E-state index contributed by atoms with van der Waals surface area (Å²) in [6, 6.07) is 14.3. The Morgan fingerprint density at radius 2 is 1.86 bits per heavy atom. The van der Waals surface area contributed by atoms with Crippen LogP contribution >= 0.6 is 11.6 Å². The molecular weight excluding hydrogens is 288 g/mol. The Labute approximate surface area is 127 Å². The highest BCUT2D eigenvalue weighted by molar-refractivity contribution is 6.30. The molecular formula is C16H13ClN2O2. The zero-order chi connectivity index (χ0) is 14.8. The monoisotopic (exact) mass is 300 g/mol. The van der Waals surface area contributed by atoms with Gasteiger partial charge >= 0.3 is 0 Å². The van der Waals surface area contributed by atoms with Crippen LogP contribution in [0.3, 0.4) is 0 Å². The van der Waals surface area contributed by atoms with Crippen molar-refractivity contribution >= 4 is 11.6 Å². The Balaban J connectivity index is 2.00. The van der Waals surface area contributed by atoms with Crippen molar-refractivity contribution in [3.05, 3.63) is 53.6 Å². The first-order valence-electron chi connectivity index (χ1n) is 6.36. The van der Waals surface area contributed by atoms with E-state index in [0.29, 0.717) is 16.3 Å². The fourth-order valence-electron chi connectivity index (χ4n) is 2.09. The number of aromatic nitrogens is 2. The van der Waals surface area contributed by atoms with Crippen LogP contribution in [0.4, 0.5) is 0 Å². The standard InChI is InChI=1S/C16H13ClN2O2/c1-21-12-6-7-16(20)13(8-12)15-9-14(18-19-15)10-2-4-11(17)5-3-10/h2-9,20H,1H3,(H,18,19). The van der Waals surface area contributed by atoms with Crippen LogP contribution in [0.2, 0.25) is 5.02 Å². The topological polar surface area (TPSA) is 58.1 Å². The quantitative estimate of drug-likeness (QED) is 0.765. The van der Waals surface area contributed by atoms with E-state index in [1.807, 2.05) is 30.3 Å². The molecule has 1 aromatic heterocycles. The smallest absolute Gasteiger partial charge is 0.125 e. The van der Waals surface area contributed by atoms with E-state index in [-0.39, 0.29) is 5.75 Å². The predicted octanol–water partition coefficient (Wildman–Crippen LogP) is 4.11. The summed E-state index contributed by atoms with van der Waals surface area (Å²) in [5, 5.41) is 17.9. The molecule has 0 aliphatic carbocycles. The summed E-state index contributed by atoms with van der Waals surface area (Å²) in [7, 11) is 1.59. The Bertz CT molecular complexity index is 766. The van der Waals surface area contributed by atoms with Crippen molar-refractivity contribution in [2.24, 2.45) is 0 Å². The lowest BCUT2D eigenvalue weighted by molar-refractivity contribution is 0.412. The number of phenolic OH excluding ortho intramolecular Hbond substituents is 1. The zero-order valence-corrected chi connectivity index (χ0v) is 12.1. The van der Waals surface area contributed by atoms with Crippen molar-refractivity contribution < 1.29 is 9.84 Å². The molecule has 0 fully saturated rings. The van der Waals surface area contributed by atoms with Crippen molar-refractivity contribution in [3.63, 3.8) is 0 Å². The van der Waals surface area contributed by atoms with Crippen LogP contribution in [0, 0.1) is 0 Å². The number of nitrogens with one attached hydrogen (secondary N) is 1. The fourth-order valence-corrected chi connectivity index (χ4v) is 2.21. The first-order chi connectivity index (χ1) is 10.2. The minimum Gasteiger partial charge on any atom is -0.507 e. The second-order valence-corrected chi connectivity index (χ2v) is 4.99. The van der Waals surface area contributed by atoms with Crippen LogP contribution in [-0.4, -0.2) is 22.4 Å². The van der Waals surface area contributed by atoms with Crippen LogP contribution in [0.25, 0.3) is 22.5 Å². The first kappa shape index (κ1) is 13.5. The molecule has 0 atom stereocenters. The minimum absolute atomic E-state index is 0.169. The summed E-state index contributed by atoms with van der Waals surface area (Å²) in [4.78, 5) is 0. The number of methoxy groups -OCH3 is 1. The number of H-pyrrole nitrogens is 1. The largest absolute Gasteiger partial charge is 0.507 e. The van der Waals surface area contributed by atoms with Crippen LogP contribution in [-0.2, 0) is 0 Å². The Morgan fingerprint density at radius 3 is 2.57 bits per heavy atom. The average Bonchev–Trinajstić information content (AvgIpc) is 2.98. The summed E-state index contributed by atoms with van der Waals surface area (Å²) >= 11 is 5.88. The van der Waals surface area contributed by atoms with Gasteiger partial charge < -0.3 is 9.84 Å². The average molecular weight is 301 g/mol. The molecule has 0 amide bonds. The fraction of sp³-hybridized carbons (Fsp3) is 0.0625. The Hall–Kier alpha value is -2.46. The van der Waals surface area contributed by atoms with Crippen LogP contribution in [0.15, 0.2) is 48.5 Å². The third-order valence-electron chi connectivity index (χ3n) is 3.21. The van der Waals surface area contributed by atoms with Crippen molar-refractivity contribution in [1.29, 1.82) is 0 Å². The molecule has 106 valence electrons. The maximum Gasteiger partial charge on any atom is 0.125 e. The highest BCUT2D eigenvalue weighted by Gasteiger charge is 2.10. The van der Waals surface area contributed by atoms with Crippen molar-refractivity contribution in [1.82, 2.24) is 10.2 Å². The lowest BCUT2D eigenvalue weighted by Gasteiger charge is -2.04. The maximum atomic E-state index is 9.98. The summed E-state index contributed by atoms with van der Waals surface area (Å²) < 4.78 is 5.18. The molecule has 4 nitrogen and oxygen atoms in total. The highest BCUT2D eigenvalue weighted by Crippen LogP contribution is 2.33. The number of phenols is 1. The molecule has 2 N–H and O–H groups in total. The van der Waals surface area contributed by atoms with E-state index < -0.39 is 0 Å². The molecule has 0 aliphatic heterocycles. The van der Waals surface area contributed by atoms with E-state index in [0.717, 1.165) is 17.0 Å². The van der Waals surface area contributed by atoms with Gasteiger partial charge in [-0.15, -0.1) is 0 Å². The van der Waals surface area contributed by atoms with E-state index in [1.165, 1.54) is 0 Å².